The first kappa shape index (κ1) is 14.9. The van der Waals surface area contributed by atoms with Crippen molar-refractivity contribution in [1.82, 2.24) is 5.32 Å². The van der Waals surface area contributed by atoms with Crippen LogP contribution in [0.3, 0.4) is 0 Å². The molecule has 0 aromatic heterocycles. The molecule has 1 saturated carbocycles. The second kappa shape index (κ2) is 7.91. The van der Waals surface area contributed by atoms with Crippen molar-refractivity contribution in [3.8, 4) is 0 Å². The molecule has 0 saturated heterocycles. The van der Waals surface area contributed by atoms with Gasteiger partial charge < -0.3 is 5.32 Å². The summed E-state index contributed by atoms with van der Waals surface area (Å²) in [5.41, 5.74) is 0.421. The second-order valence-electron chi connectivity index (χ2n) is 6.52. The minimum atomic E-state index is 0.421. The molecule has 2 heteroatoms. The summed E-state index contributed by atoms with van der Waals surface area (Å²) < 4.78 is 0. The highest BCUT2D eigenvalue weighted by molar-refractivity contribution is 5.88. The minimum Gasteiger partial charge on any atom is -0.373 e. The number of hydrogen-bond acceptors (Lipinski definition) is 2. The van der Waals surface area contributed by atoms with Crippen molar-refractivity contribution in [3.05, 3.63) is 0 Å². The topological polar surface area (TPSA) is 24.4 Å². The quantitative estimate of drug-likeness (QED) is 0.716. The Bertz CT molecular complexity index is 277. The molecular formula is C17H32N2. The Hall–Kier alpha value is -0.530. The van der Waals surface area contributed by atoms with Gasteiger partial charge in [0, 0.05) is 18.5 Å². The molecule has 0 radical (unpaired) electrons. The Labute approximate surface area is 119 Å². The molecule has 0 bridgehead atoms. The minimum absolute atomic E-state index is 0.421. The highest BCUT2D eigenvalue weighted by atomic mass is 15.0. The Balaban J connectivity index is 2.05. The van der Waals surface area contributed by atoms with Crippen molar-refractivity contribution < 1.29 is 0 Å². The van der Waals surface area contributed by atoms with Crippen molar-refractivity contribution in [1.29, 1.82) is 0 Å². The Morgan fingerprint density at radius 3 is 2.58 bits per heavy atom. The molecule has 1 N–H and O–H groups in total. The lowest BCUT2D eigenvalue weighted by molar-refractivity contribution is 0.249. The number of unbranched alkanes of at least 4 members (excludes halogenated alkanes) is 2. The van der Waals surface area contributed by atoms with Crippen molar-refractivity contribution in [3.63, 3.8) is 0 Å². The lowest BCUT2D eigenvalue weighted by Crippen LogP contribution is -2.43. The Morgan fingerprint density at radius 1 is 1.00 bits per heavy atom. The molecule has 0 amide bonds. The van der Waals surface area contributed by atoms with Crippen LogP contribution in [0.15, 0.2) is 4.99 Å². The maximum Gasteiger partial charge on any atom is 0.103 e. The first-order valence-electron chi connectivity index (χ1n) is 8.66. The third-order valence-corrected chi connectivity index (χ3v) is 4.97. The molecule has 2 nitrogen and oxygen atoms in total. The number of aliphatic imine (C=N–C) groups is 1. The van der Waals surface area contributed by atoms with Crippen LogP contribution >= 0.6 is 0 Å². The number of amidine groups is 1. The fraction of sp³-hybridized carbons (Fsp3) is 0.941. The van der Waals surface area contributed by atoms with Crippen LogP contribution in [0.1, 0.15) is 84.0 Å². The molecule has 2 aliphatic rings. The maximum atomic E-state index is 4.96. The Morgan fingerprint density at radius 2 is 1.79 bits per heavy atom. The highest BCUT2D eigenvalue weighted by Crippen LogP contribution is 2.41. The fourth-order valence-corrected chi connectivity index (χ4v) is 3.77. The summed E-state index contributed by atoms with van der Waals surface area (Å²) in [6.45, 7) is 4.51. The normalized spacial score (nSPS) is 26.7. The van der Waals surface area contributed by atoms with E-state index in [9.17, 15) is 0 Å². The van der Waals surface area contributed by atoms with Gasteiger partial charge in [-0.3, -0.25) is 4.99 Å². The SMILES string of the molecule is CCCCCC1(/C2=N/CCCCCN2)CCCCC1. The van der Waals surface area contributed by atoms with Crippen LogP contribution in [0.25, 0.3) is 0 Å². The monoisotopic (exact) mass is 264 g/mol. The van der Waals surface area contributed by atoms with Gasteiger partial charge in [0.2, 0.25) is 0 Å². The largest absolute Gasteiger partial charge is 0.373 e. The van der Waals surface area contributed by atoms with Crippen LogP contribution in [0.4, 0.5) is 0 Å². The van der Waals surface area contributed by atoms with Gasteiger partial charge >= 0.3 is 0 Å². The van der Waals surface area contributed by atoms with E-state index < -0.39 is 0 Å². The Kier molecular flexibility index (Phi) is 6.19. The summed E-state index contributed by atoms with van der Waals surface area (Å²) in [5.74, 6) is 1.39. The smallest absolute Gasteiger partial charge is 0.103 e. The van der Waals surface area contributed by atoms with Gasteiger partial charge in [0.15, 0.2) is 0 Å². The van der Waals surface area contributed by atoms with Crippen LogP contribution in [-0.4, -0.2) is 18.9 Å². The molecule has 1 aliphatic carbocycles. The molecular weight excluding hydrogens is 232 g/mol. The molecule has 0 atom stereocenters. The second-order valence-corrected chi connectivity index (χ2v) is 6.52. The molecule has 0 spiro atoms. The molecule has 1 fully saturated rings. The molecule has 0 aromatic carbocycles. The lowest BCUT2D eigenvalue weighted by Gasteiger charge is -2.39. The highest BCUT2D eigenvalue weighted by Gasteiger charge is 2.36. The van der Waals surface area contributed by atoms with E-state index in [1.165, 1.54) is 82.9 Å². The zero-order valence-corrected chi connectivity index (χ0v) is 12.8. The third kappa shape index (κ3) is 4.22. The average Bonchev–Trinajstić information content (AvgIpc) is 2.39. The maximum absolute atomic E-state index is 4.96. The van der Waals surface area contributed by atoms with E-state index in [0.717, 1.165) is 13.1 Å². The van der Waals surface area contributed by atoms with E-state index in [2.05, 4.69) is 12.2 Å². The predicted molar refractivity (Wildman–Crippen MR) is 83.8 cm³/mol. The van der Waals surface area contributed by atoms with Gasteiger partial charge in [-0.05, 0) is 38.5 Å². The third-order valence-electron chi connectivity index (χ3n) is 4.97. The fourth-order valence-electron chi connectivity index (χ4n) is 3.77. The summed E-state index contributed by atoms with van der Waals surface area (Å²) in [6, 6.07) is 0. The van der Waals surface area contributed by atoms with Gasteiger partial charge in [-0.25, -0.2) is 0 Å². The van der Waals surface area contributed by atoms with Crippen molar-refractivity contribution in [2.75, 3.05) is 13.1 Å². The molecule has 1 heterocycles. The van der Waals surface area contributed by atoms with E-state index in [-0.39, 0.29) is 0 Å². The van der Waals surface area contributed by atoms with E-state index >= 15 is 0 Å². The zero-order chi connectivity index (χ0) is 13.4. The lowest BCUT2D eigenvalue weighted by atomic mass is 9.69. The molecule has 0 aromatic rings. The van der Waals surface area contributed by atoms with Gasteiger partial charge in [0.05, 0.1) is 0 Å². The van der Waals surface area contributed by atoms with Crippen molar-refractivity contribution >= 4 is 5.84 Å². The summed E-state index contributed by atoms with van der Waals surface area (Å²) in [6.07, 6.45) is 16.4. The van der Waals surface area contributed by atoms with Crippen LogP contribution in [0, 0.1) is 5.41 Å². The van der Waals surface area contributed by atoms with Crippen LogP contribution in [-0.2, 0) is 0 Å². The molecule has 110 valence electrons. The first-order chi connectivity index (χ1) is 9.37. The van der Waals surface area contributed by atoms with Crippen LogP contribution < -0.4 is 5.32 Å². The van der Waals surface area contributed by atoms with Crippen LogP contribution in [0.2, 0.25) is 0 Å². The number of rotatable bonds is 5. The molecule has 0 unspecified atom stereocenters. The van der Waals surface area contributed by atoms with Gasteiger partial charge in [0.1, 0.15) is 5.84 Å². The summed E-state index contributed by atoms with van der Waals surface area (Å²) in [7, 11) is 0. The zero-order valence-electron chi connectivity index (χ0n) is 12.8. The van der Waals surface area contributed by atoms with E-state index in [4.69, 9.17) is 4.99 Å². The van der Waals surface area contributed by atoms with E-state index in [0.29, 0.717) is 5.41 Å². The predicted octanol–water partition coefficient (Wildman–Crippen LogP) is 4.69. The first-order valence-corrected chi connectivity index (χ1v) is 8.66. The number of nitrogens with one attached hydrogen (secondary N) is 1. The van der Waals surface area contributed by atoms with Gasteiger partial charge in [-0.2, -0.15) is 0 Å². The van der Waals surface area contributed by atoms with Crippen molar-refractivity contribution in [2.24, 2.45) is 10.4 Å². The van der Waals surface area contributed by atoms with Gasteiger partial charge in [-0.1, -0.05) is 45.4 Å². The molecule has 2 rings (SSSR count). The number of hydrogen-bond donors (Lipinski definition) is 1. The summed E-state index contributed by atoms with van der Waals surface area (Å²) in [4.78, 5) is 4.96. The summed E-state index contributed by atoms with van der Waals surface area (Å²) >= 11 is 0. The van der Waals surface area contributed by atoms with E-state index in [1.54, 1.807) is 0 Å². The molecule has 19 heavy (non-hydrogen) atoms. The van der Waals surface area contributed by atoms with Gasteiger partial charge in [-0.15, -0.1) is 0 Å². The molecule has 1 aliphatic heterocycles. The van der Waals surface area contributed by atoms with Crippen LogP contribution in [0.5, 0.6) is 0 Å². The van der Waals surface area contributed by atoms with Crippen molar-refractivity contribution in [2.45, 2.75) is 84.0 Å². The van der Waals surface area contributed by atoms with E-state index in [1.807, 2.05) is 0 Å². The average molecular weight is 264 g/mol. The number of nitrogens with zero attached hydrogens (tertiary/aromatic N) is 1. The standard InChI is InChI=1S/C17H32N2/c1-2-3-6-11-17(12-7-4-8-13-17)16-18-14-9-5-10-15-19-16/h2-15H2,1H3,(H,18,19). The van der Waals surface area contributed by atoms with Gasteiger partial charge in [0.25, 0.3) is 0 Å². The summed E-state index contributed by atoms with van der Waals surface area (Å²) in [5, 5.41) is 3.71.